The van der Waals surface area contributed by atoms with Crippen LogP contribution in [0.4, 0.5) is 8.78 Å². The van der Waals surface area contributed by atoms with E-state index >= 15 is 0 Å². The predicted octanol–water partition coefficient (Wildman–Crippen LogP) is 5.75. The van der Waals surface area contributed by atoms with Crippen LogP contribution >= 0.6 is 11.8 Å². The van der Waals surface area contributed by atoms with E-state index in [0.29, 0.717) is 16.9 Å². The molecule has 0 saturated heterocycles. The van der Waals surface area contributed by atoms with Crippen molar-refractivity contribution in [3.63, 3.8) is 0 Å². The zero-order chi connectivity index (χ0) is 26.1. The van der Waals surface area contributed by atoms with Crippen LogP contribution in [0.1, 0.15) is 37.5 Å². The number of rotatable bonds is 10. The lowest BCUT2D eigenvalue weighted by molar-refractivity contribution is -0.140. The number of nitrogens with zero attached hydrogens (tertiary/aromatic N) is 1. The molecule has 0 fully saturated rings. The Morgan fingerprint density at radius 1 is 0.861 bits per heavy atom. The third kappa shape index (κ3) is 8.19. The lowest BCUT2D eigenvalue weighted by atomic mass is 10.0. The molecule has 4 nitrogen and oxygen atoms in total. The minimum atomic E-state index is -0.854. The van der Waals surface area contributed by atoms with Crippen LogP contribution in [0.15, 0.2) is 78.9 Å². The molecule has 1 N–H and O–H groups in total. The van der Waals surface area contributed by atoms with E-state index in [9.17, 15) is 18.4 Å². The van der Waals surface area contributed by atoms with Gasteiger partial charge in [-0.15, -0.1) is 11.8 Å². The maximum absolute atomic E-state index is 14.6. The van der Waals surface area contributed by atoms with Gasteiger partial charge in [-0.1, -0.05) is 66.7 Å². The molecule has 3 aromatic rings. The van der Waals surface area contributed by atoms with Gasteiger partial charge in [-0.3, -0.25) is 9.59 Å². The summed E-state index contributed by atoms with van der Waals surface area (Å²) >= 11 is 1.26. The Bertz CT molecular complexity index is 1170. The highest BCUT2D eigenvalue weighted by Gasteiger charge is 2.32. The molecule has 190 valence electrons. The van der Waals surface area contributed by atoms with Gasteiger partial charge in [-0.05, 0) is 44.0 Å². The largest absolute Gasteiger partial charge is 0.350 e. The van der Waals surface area contributed by atoms with Crippen LogP contribution in [-0.2, 0) is 28.3 Å². The summed E-state index contributed by atoms with van der Waals surface area (Å²) in [6.07, 6.45) is 0.279. The fourth-order valence-corrected chi connectivity index (χ4v) is 4.66. The van der Waals surface area contributed by atoms with Crippen molar-refractivity contribution in [3.05, 3.63) is 107 Å². The number of carbonyl (C=O) groups excluding carboxylic acids is 2. The van der Waals surface area contributed by atoms with E-state index in [2.05, 4.69) is 5.32 Å². The number of thioether (sulfide) groups is 1. The Hall–Kier alpha value is -3.19. The number of halogens is 2. The van der Waals surface area contributed by atoms with Gasteiger partial charge in [0.25, 0.3) is 0 Å². The first kappa shape index (κ1) is 27.4. The molecule has 3 rings (SSSR count). The lowest BCUT2D eigenvalue weighted by Crippen LogP contribution is -2.54. The summed E-state index contributed by atoms with van der Waals surface area (Å²) in [6, 6.07) is 21.3. The van der Waals surface area contributed by atoms with Gasteiger partial charge in [-0.2, -0.15) is 0 Å². The summed E-state index contributed by atoms with van der Waals surface area (Å²) in [4.78, 5) is 28.5. The summed E-state index contributed by atoms with van der Waals surface area (Å²) < 4.78 is 28.6. The van der Waals surface area contributed by atoms with Crippen LogP contribution in [0.3, 0.4) is 0 Å². The topological polar surface area (TPSA) is 49.4 Å². The van der Waals surface area contributed by atoms with Crippen molar-refractivity contribution in [1.82, 2.24) is 10.2 Å². The first-order valence-electron chi connectivity index (χ1n) is 11.8. The van der Waals surface area contributed by atoms with E-state index in [1.165, 1.54) is 28.8 Å². The molecule has 0 aliphatic carbocycles. The molecule has 3 aromatic carbocycles. The zero-order valence-electron chi connectivity index (χ0n) is 20.8. The Labute approximate surface area is 216 Å². The van der Waals surface area contributed by atoms with Gasteiger partial charge < -0.3 is 10.2 Å². The van der Waals surface area contributed by atoms with Crippen LogP contribution in [0.2, 0.25) is 0 Å². The maximum atomic E-state index is 14.6. The number of amides is 2. The molecule has 0 heterocycles. The van der Waals surface area contributed by atoms with Gasteiger partial charge in [0.05, 0.1) is 5.75 Å². The van der Waals surface area contributed by atoms with Crippen LogP contribution in [0, 0.1) is 11.6 Å². The molecule has 0 aromatic heterocycles. The number of nitrogens with one attached hydrogen (secondary N) is 1. The minimum absolute atomic E-state index is 0.0247. The quantitative estimate of drug-likeness (QED) is 0.378. The third-order valence-corrected chi connectivity index (χ3v) is 6.47. The fraction of sp³-hybridized carbons (Fsp3) is 0.310. The maximum Gasteiger partial charge on any atom is 0.243 e. The molecule has 0 saturated carbocycles. The Morgan fingerprint density at radius 3 is 2.00 bits per heavy atom. The van der Waals surface area contributed by atoms with Gasteiger partial charge in [0, 0.05) is 29.8 Å². The molecule has 1 unspecified atom stereocenters. The van der Waals surface area contributed by atoms with Crippen molar-refractivity contribution >= 4 is 23.6 Å². The first-order valence-corrected chi connectivity index (χ1v) is 13.0. The van der Waals surface area contributed by atoms with Gasteiger partial charge in [0.15, 0.2) is 0 Å². The van der Waals surface area contributed by atoms with Gasteiger partial charge in [0.1, 0.15) is 17.7 Å². The second-order valence-electron chi connectivity index (χ2n) is 9.64. The highest BCUT2D eigenvalue weighted by atomic mass is 32.2. The zero-order valence-corrected chi connectivity index (χ0v) is 21.7. The number of carbonyl (C=O) groups is 2. The Kier molecular flexibility index (Phi) is 9.65. The van der Waals surface area contributed by atoms with Gasteiger partial charge >= 0.3 is 0 Å². The number of hydrogen-bond donors (Lipinski definition) is 1. The molecule has 36 heavy (non-hydrogen) atoms. The second-order valence-corrected chi connectivity index (χ2v) is 10.6. The van der Waals surface area contributed by atoms with Crippen LogP contribution in [0.5, 0.6) is 0 Å². The van der Waals surface area contributed by atoms with E-state index < -0.39 is 17.4 Å². The Balaban J connectivity index is 1.89. The van der Waals surface area contributed by atoms with Crippen LogP contribution in [-0.4, -0.2) is 34.0 Å². The van der Waals surface area contributed by atoms with Gasteiger partial charge in [0.2, 0.25) is 11.8 Å². The molecule has 1 atom stereocenters. The molecular weight excluding hydrogens is 478 g/mol. The summed E-state index contributed by atoms with van der Waals surface area (Å²) in [7, 11) is 0. The minimum Gasteiger partial charge on any atom is -0.350 e. The first-order chi connectivity index (χ1) is 17.1. The SMILES string of the molecule is CC(C)(C)NC(=O)C(Cc1ccccc1)N(Cc1ccccc1F)C(=O)CSCc1ccccc1F. The standard InChI is InChI=1S/C29H32F2N2O2S/c1-29(2,3)32-28(35)26(17-21-11-5-4-6-12-21)33(18-22-13-7-9-15-24(22)30)27(34)20-36-19-23-14-8-10-16-25(23)31/h4-16,26H,17-20H2,1-3H3,(H,32,35). The second kappa shape index (κ2) is 12.7. The van der Waals surface area contributed by atoms with Gasteiger partial charge in [-0.25, -0.2) is 8.78 Å². The van der Waals surface area contributed by atoms with E-state index in [1.54, 1.807) is 36.4 Å². The molecule has 7 heteroatoms. The highest BCUT2D eigenvalue weighted by molar-refractivity contribution is 7.99. The highest BCUT2D eigenvalue weighted by Crippen LogP contribution is 2.21. The van der Waals surface area contributed by atoms with Crippen molar-refractivity contribution < 1.29 is 18.4 Å². The van der Waals surface area contributed by atoms with Crippen molar-refractivity contribution in [3.8, 4) is 0 Å². The summed E-state index contributed by atoms with van der Waals surface area (Å²) in [5, 5.41) is 2.98. The van der Waals surface area contributed by atoms with Crippen LogP contribution < -0.4 is 5.32 Å². The fourth-order valence-electron chi connectivity index (χ4n) is 3.76. The van der Waals surface area contributed by atoms with Crippen molar-refractivity contribution in [2.24, 2.45) is 0 Å². The molecule has 0 aliphatic rings. The molecule has 0 radical (unpaired) electrons. The van der Waals surface area contributed by atoms with E-state index in [4.69, 9.17) is 0 Å². The molecule has 2 amide bonds. The molecule has 0 spiro atoms. The van der Waals surface area contributed by atoms with E-state index in [0.717, 1.165) is 5.56 Å². The summed E-state index contributed by atoms with van der Waals surface area (Å²) in [5.74, 6) is -1.06. The van der Waals surface area contributed by atoms with Crippen molar-refractivity contribution in [2.75, 3.05) is 5.75 Å². The number of benzene rings is 3. The molecule has 0 aliphatic heterocycles. The van der Waals surface area contributed by atoms with E-state index in [-0.39, 0.29) is 36.4 Å². The monoisotopic (exact) mass is 510 g/mol. The van der Waals surface area contributed by atoms with E-state index in [1.807, 2.05) is 51.1 Å². The predicted molar refractivity (Wildman–Crippen MR) is 141 cm³/mol. The summed E-state index contributed by atoms with van der Waals surface area (Å²) in [5.41, 5.74) is 1.20. The number of hydrogen-bond acceptors (Lipinski definition) is 3. The average molecular weight is 511 g/mol. The van der Waals surface area contributed by atoms with Crippen molar-refractivity contribution in [2.45, 2.75) is 51.1 Å². The normalized spacial score (nSPS) is 12.1. The average Bonchev–Trinajstić information content (AvgIpc) is 2.83. The smallest absolute Gasteiger partial charge is 0.243 e. The third-order valence-electron chi connectivity index (χ3n) is 5.51. The lowest BCUT2D eigenvalue weighted by Gasteiger charge is -2.34. The molecular formula is C29H32F2N2O2S. The van der Waals surface area contributed by atoms with Crippen molar-refractivity contribution in [1.29, 1.82) is 0 Å². The Morgan fingerprint density at radius 2 is 1.42 bits per heavy atom. The van der Waals surface area contributed by atoms with Crippen LogP contribution in [0.25, 0.3) is 0 Å². The summed E-state index contributed by atoms with van der Waals surface area (Å²) in [6.45, 7) is 5.56. The molecule has 0 bridgehead atoms.